The van der Waals surface area contributed by atoms with Gasteiger partial charge in [-0.05, 0) is 112 Å². The first-order valence-corrected chi connectivity index (χ1v) is 23.7. The van der Waals surface area contributed by atoms with Crippen LogP contribution in [0, 0.1) is 17.8 Å². The van der Waals surface area contributed by atoms with Crippen molar-refractivity contribution in [3.63, 3.8) is 0 Å². The van der Waals surface area contributed by atoms with E-state index in [4.69, 9.17) is 28.4 Å². The average molecular weight is 925 g/mol. The van der Waals surface area contributed by atoms with E-state index in [0.29, 0.717) is 18.7 Å². The molecule has 0 aliphatic carbocycles. The van der Waals surface area contributed by atoms with E-state index in [2.05, 4.69) is 17.6 Å². The number of benzene rings is 1. The number of aliphatic hydroxyl groups excluding tert-OH is 3. The van der Waals surface area contributed by atoms with Crippen LogP contribution in [0.2, 0.25) is 0 Å². The molecule has 4 rings (SSSR count). The molecule has 0 saturated carbocycles. The van der Waals surface area contributed by atoms with Crippen molar-refractivity contribution in [3.8, 4) is 0 Å². The van der Waals surface area contributed by atoms with Crippen molar-refractivity contribution in [2.75, 3.05) is 46.2 Å². The zero-order valence-corrected chi connectivity index (χ0v) is 41.5. The fourth-order valence-corrected chi connectivity index (χ4v) is 10.2. The van der Waals surface area contributed by atoms with Crippen LogP contribution in [0.5, 0.6) is 0 Å². The molecule has 3 aliphatic rings. The van der Waals surface area contributed by atoms with Gasteiger partial charge in [0, 0.05) is 56.9 Å². The predicted molar refractivity (Wildman–Crippen MR) is 246 cm³/mol. The molecule has 0 radical (unpaired) electrons. The summed E-state index contributed by atoms with van der Waals surface area (Å²) < 4.78 is 38.0. The van der Waals surface area contributed by atoms with Gasteiger partial charge in [0.2, 0.25) is 0 Å². The number of aliphatic hydroxyl groups is 5. The van der Waals surface area contributed by atoms with Gasteiger partial charge in [-0.1, -0.05) is 39.8 Å². The standard InChI is InChI=1S/C48H84N4O13/c1-15-33-17-19-34(20-18-33)50-45(57)49-21-22-52-26-27(3)24-46(9,58)42(65-44-38(53)35(51(12)13)23-28(4)61-44)29(5)39(64-37-25-47(10,60-14)41(55)32(8)62-37)30(6)43(56)63-36(16-2)48(11,59)40(54)31(52)7/h17-20,27-32,35-42,44,53-55,58-59H,15-16,21-26H2,1-14H3,(H2,49,50,57)/t27-,28-,29-,30-,31-,32+,35+,36-,37-,38-,39-,40-,41+,42+,44+,46-,47-,48-/m1/s1. The van der Waals surface area contributed by atoms with Gasteiger partial charge in [0.15, 0.2) is 12.6 Å². The second-order valence-electron chi connectivity index (χ2n) is 20.2. The van der Waals surface area contributed by atoms with Crippen molar-refractivity contribution in [2.24, 2.45) is 17.8 Å². The van der Waals surface area contributed by atoms with E-state index in [1.807, 2.05) is 62.0 Å². The molecule has 0 spiro atoms. The maximum atomic E-state index is 14.5. The van der Waals surface area contributed by atoms with E-state index in [1.165, 1.54) is 14.0 Å². The molecule has 374 valence electrons. The maximum Gasteiger partial charge on any atom is 0.319 e. The molecule has 1 aromatic rings. The number of cyclic esters (lactones) is 1. The molecule has 0 bridgehead atoms. The van der Waals surface area contributed by atoms with Gasteiger partial charge in [0.25, 0.3) is 0 Å². The Morgan fingerprint density at radius 2 is 1.58 bits per heavy atom. The summed E-state index contributed by atoms with van der Waals surface area (Å²) in [5.41, 5.74) is -2.88. The zero-order chi connectivity index (χ0) is 48.8. The third kappa shape index (κ3) is 13.6. The Morgan fingerprint density at radius 1 is 0.938 bits per heavy atom. The lowest BCUT2D eigenvalue weighted by Gasteiger charge is -2.48. The predicted octanol–water partition coefficient (Wildman–Crippen LogP) is 3.66. The van der Waals surface area contributed by atoms with Crippen LogP contribution in [-0.4, -0.2) is 178 Å². The molecule has 3 heterocycles. The molecule has 3 aliphatic heterocycles. The molecule has 0 unspecified atom stereocenters. The van der Waals surface area contributed by atoms with E-state index in [0.717, 1.165) is 12.0 Å². The monoisotopic (exact) mass is 925 g/mol. The number of anilines is 1. The molecule has 17 nitrogen and oxygen atoms in total. The number of hydrogen-bond acceptors (Lipinski definition) is 15. The number of methoxy groups -OCH3 is 1. The number of esters is 1. The van der Waals surface area contributed by atoms with Gasteiger partial charge in [-0.25, -0.2) is 4.79 Å². The summed E-state index contributed by atoms with van der Waals surface area (Å²) in [5, 5.41) is 65.5. The van der Waals surface area contributed by atoms with Crippen molar-refractivity contribution in [1.29, 1.82) is 0 Å². The molecule has 1 aromatic carbocycles. The number of hydrogen-bond donors (Lipinski definition) is 7. The number of amides is 2. The number of ether oxygens (including phenoxy) is 6. The lowest BCUT2D eigenvalue weighted by Crippen LogP contribution is -2.60. The fourth-order valence-electron chi connectivity index (χ4n) is 10.2. The van der Waals surface area contributed by atoms with Crippen LogP contribution in [0.25, 0.3) is 0 Å². The van der Waals surface area contributed by atoms with Gasteiger partial charge in [0.05, 0.1) is 41.5 Å². The number of likely N-dealkylation sites (N-methyl/N-ethyl adjacent to an activating group) is 1. The quantitative estimate of drug-likeness (QED) is 0.149. The van der Waals surface area contributed by atoms with Crippen molar-refractivity contribution >= 4 is 17.7 Å². The Labute approximate surface area is 387 Å². The molecule has 3 fully saturated rings. The van der Waals surface area contributed by atoms with Crippen LogP contribution in [0.4, 0.5) is 10.5 Å². The molecule has 17 heteroatoms. The number of nitrogens with zero attached hydrogens (tertiary/aromatic N) is 2. The van der Waals surface area contributed by atoms with Gasteiger partial charge < -0.3 is 69.5 Å². The summed E-state index contributed by atoms with van der Waals surface area (Å²) in [6.07, 6.45) is -8.27. The Kier molecular flexibility index (Phi) is 19.6. The number of carbonyl (C=O) groups excluding carboxylic acids is 2. The van der Waals surface area contributed by atoms with Gasteiger partial charge in [-0.15, -0.1) is 0 Å². The van der Waals surface area contributed by atoms with E-state index < -0.39 is 102 Å². The molecule has 18 atom stereocenters. The van der Waals surface area contributed by atoms with E-state index in [-0.39, 0.29) is 50.4 Å². The smallest absolute Gasteiger partial charge is 0.319 e. The van der Waals surface area contributed by atoms with Crippen LogP contribution in [0.15, 0.2) is 24.3 Å². The summed E-state index contributed by atoms with van der Waals surface area (Å²) in [4.78, 5) is 31.4. The number of nitrogens with one attached hydrogen (secondary N) is 2. The van der Waals surface area contributed by atoms with Crippen molar-refractivity contribution in [1.82, 2.24) is 15.1 Å². The molecule has 2 amide bonds. The maximum absolute atomic E-state index is 14.5. The lowest BCUT2D eigenvalue weighted by molar-refractivity contribution is -0.318. The second-order valence-corrected chi connectivity index (χ2v) is 20.2. The minimum absolute atomic E-state index is 0.0974. The largest absolute Gasteiger partial charge is 0.459 e. The molecule has 3 saturated heterocycles. The Morgan fingerprint density at radius 3 is 2.17 bits per heavy atom. The Balaban J connectivity index is 1.76. The van der Waals surface area contributed by atoms with Crippen molar-refractivity contribution in [2.45, 2.75) is 199 Å². The Bertz CT molecular complexity index is 1650. The summed E-state index contributed by atoms with van der Waals surface area (Å²) >= 11 is 0. The van der Waals surface area contributed by atoms with Crippen molar-refractivity contribution < 1.29 is 63.5 Å². The SMILES string of the molecule is CCc1ccc(NC(=O)NCCN2C[C@H](C)C[C@@](C)(O)[C@@H](O[C@@H]3O[C@H](C)C[C@H](N(C)C)[C@H]3O)[C@H](C)[C@@H](O[C@@H]3C[C@@](C)(OC)[C@@H](O)[C@H](C)O3)[C@@H](C)C(=O)O[C@H](CC)[C@@](C)(O)[C@H](O)[C@H]2C)cc1. The normalized spacial score (nSPS) is 41.8. The second kappa shape index (κ2) is 23.2. The van der Waals surface area contributed by atoms with Gasteiger partial charge in [-0.2, -0.15) is 0 Å². The zero-order valence-electron chi connectivity index (χ0n) is 41.5. The van der Waals surface area contributed by atoms with Crippen LogP contribution >= 0.6 is 0 Å². The number of carbonyl (C=O) groups is 2. The third-order valence-electron chi connectivity index (χ3n) is 14.3. The highest BCUT2D eigenvalue weighted by Crippen LogP contribution is 2.40. The molecular weight excluding hydrogens is 841 g/mol. The summed E-state index contributed by atoms with van der Waals surface area (Å²) in [5.74, 6) is -2.93. The molecule has 7 N–H and O–H groups in total. The van der Waals surface area contributed by atoms with E-state index in [1.54, 1.807) is 48.5 Å². The highest BCUT2D eigenvalue weighted by Gasteiger charge is 2.53. The Hall–Kier alpha value is -2.52. The van der Waals surface area contributed by atoms with Crippen LogP contribution < -0.4 is 10.6 Å². The number of urea groups is 1. The first-order valence-electron chi connectivity index (χ1n) is 23.7. The van der Waals surface area contributed by atoms with Crippen molar-refractivity contribution in [3.05, 3.63) is 29.8 Å². The first kappa shape index (κ1) is 55.1. The topological polar surface area (TPSA) is 221 Å². The number of aryl methyl sites for hydroxylation is 1. The highest BCUT2D eigenvalue weighted by molar-refractivity contribution is 5.89. The summed E-state index contributed by atoms with van der Waals surface area (Å²) in [7, 11) is 5.25. The average Bonchev–Trinajstić information content (AvgIpc) is 3.24. The van der Waals surface area contributed by atoms with E-state index >= 15 is 0 Å². The fraction of sp³-hybridized carbons (Fsp3) is 0.833. The highest BCUT2D eigenvalue weighted by atomic mass is 16.7. The van der Waals surface area contributed by atoms with Gasteiger partial charge >= 0.3 is 12.0 Å². The summed E-state index contributed by atoms with van der Waals surface area (Å²) in [6.45, 7) is 20.2. The third-order valence-corrected chi connectivity index (χ3v) is 14.3. The minimum atomic E-state index is -1.94. The first-order chi connectivity index (χ1) is 30.3. The van der Waals surface area contributed by atoms with Gasteiger partial charge in [0.1, 0.15) is 30.0 Å². The lowest BCUT2D eigenvalue weighted by atomic mass is 9.77. The molecule has 0 aromatic heterocycles. The number of rotatable bonds is 12. The summed E-state index contributed by atoms with van der Waals surface area (Å²) in [6, 6.07) is 6.13. The minimum Gasteiger partial charge on any atom is -0.459 e. The molecule has 65 heavy (non-hydrogen) atoms. The van der Waals surface area contributed by atoms with E-state index in [9.17, 15) is 35.1 Å². The van der Waals surface area contributed by atoms with Crippen LogP contribution in [0.1, 0.15) is 107 Å². The van der Waals surface area contributed by atoms with Crippen LogP contribution in [-0.2, 0) is 39.6 Å². The van der Waals surface area contributed by atoms with Gasteiger partial charge in [-0.3, -0.25) is 9.69 Å². The van der Waals surface area contributed by atoms with Crippen LogP contribution in [0.3, 0.4) is 0 Å². The molecular formula is C48H84N4O13.